The van der Waals surface area contributed by atoms with Gasteiger partial charge in [0.1, 0.15) is 5.75 Å². The van der Waals surface area contributed by atoms with E-state index in [4.69, 9.17) is 25.3 Å². The van der Waals surface area contributed by atoms with Crippen molar-refractivity contribution in [2.75, 3.05) is 0 Å². The molecule has 0 spiro atoms. The lowest BCUT2D eigenvalue weighted by atomic mass is 9.79. The predicted molar refractivity (Wildman–Crippen MR) is 127 cm³/mol. The summed E-state index contributed by atoms with van der Waals surface area (Å²) in [6, 6.07) is 3.98. The maximum absolute atomic E-state index is 6.79. The first-order valence-electron chi connectivity index (χ1n) is 10.2. The van der Waals surface area contributed by atoms with Gasteiger partial charge in [-0.05, 0) is 71.8 Å². The molecule has 0 saturated carbocycles. The van der Waals surface area contributed by atoms with Crippen molar-refractivity contribution >= 4 is 48.4 Å². The molecule has 0 aromatic heterocycles. The lowest BCUT2D eigenvalue weighted by molar-refractivity contribution is 0.00578. The zero-order valence-corrected chi connectivity index (χ0v) is 22.3. The molecule has 0 aliphatic carbocycles. The molecule has 1 fully saturated rings. The van der Waals surface area contributed by atoms with Crippen molar-refractivity contribution < 1.29 is 13.7 Å². The van der Waals surface area contributed by atoms with Crippen molar-refractivity contribution in [3.05, 3.63) is 21.6 Å². The van der Waals surface area contributed by atoms with Crippen LogP contribution in [0.4, 0.5) is 0 Å². The number of benzene rings is 1. The Kier molecular flexibility index (Phi) is 7.16. The van der Waals surface area contributed by atoms with Crippen LogP contribution in [0.15, 0.2) is 16.6 Å². The Morgan fingerprint density at radius 3 is 1.75 bits per heavy atom. The summed E-state index contributed by atoms with van der Waals surface area (Å²) >= 11 is 10.5. The zero-order chi connectivity index (χ0) is 21.7. The molecule has 1 aliphatic rings. The minimum atomic E-state index is -2.09. The SMILES string of the molecule is CC(C)[Si](Oc1ccc(B2OC(C)(C)C(C)(C)O2)c(Br)c1Cl)(C(C)C)C(C)C. The summed E-state index contributed by atoms with van der Waals surface area (Å²) in [6.07, 6.45) is 0. The van der Waals surface area contributed by atoms with Crippen molar-refractivity contribution in [2.24, 2.45) is 0 Å². The average molecular weight is 490 g/mol. The third-order valence-corrected chi connectivity index (χ3v) is 14.0. The van der Waals surface area contributed by atoms with Crippen LogP contribution in [0.1, 0.15) is 69.2 Å². The Balaban J connectivity index is 2.42. The highest BCUT2D eigenvalue weighted by atomic mass is 79.9. The van der Waals surface area contributed by atoms with Crippen LogP contribution >= 0.6 is 27.5 Å². The summed E-state index contributed by atoms with van der Waals surface area (Å²) in [5.41, 5.74) is 1.53. The molecule has 158 valence electrons. The van der Waals surface area contributed by atoms with Gasteiger partial charge in [0.05, 0.1) is 16.2 Å². The van der Waals surface area contributed by atoms with Crippen LogP contribution in [-0.2, 0) is 9.31 Å². The highest BCUT2D eigenvalue weighted by Gasteiger charge is 2.52. The van der Waals surface area contributed by atoms with Gasteiger partial charge in [0.2, 0.25) is 0 Å². The van der Waals surface area contributed by atoms with E-state index in [2.05, 4.69) is 57.5 Å². The molecule has 1 aromatic rings. The molecule has 0 bridgehead atoms. The van der Waals surface area contributed by atoms with E-state index in [0.717, 1.165) is 15.7 Å². The van der Waals surface area contributed by atoms with Gasteiger partial charge in [-0.3, -0.25) is 0 Å². The molecule has 1 aliphatic heterocycles. The molecule has 0 amide bonds. The fourth-order valence-electron chi connectivity index (χ4n) is 4.32. The van der Waals surface area contributed by atoms with Crippen molar-refractivity contribution in [3.8, 4) is 5.75 Å². The van der Waals surface area contributed by atoms with Crippen LogP contribution < -0.4 is 9.89 Å². The quantitative estimate of drug-likeness (QED) is 0.404. The molecule has 1 heterocycles. The minimum Gasteiger partial charge on any atom is -0.542 e. The van der Waals surface area contributed by atoms with Gasteiger partial charge in [-0.15, -0.1) is 0 Å². The fraction of sp³-hybridized carbons (Fsp3) is 0.714. The normalized spacial score (nSPS) is 19.2. The van der Waals surface area contributed by atoms with Crippen LogP contribution in [-0.4, -0.2) is 26.6 Å². The second-order valence-electron chi connectivity index (χ2n) is 9.79. The first-order chi connectivity index (χ1) is 12.7. The Labute approximate surface area is 186 Å². The molecule has 0 radical (unpaired) electrons. The number of hydrogen-bond acceptors (Lipinski definition) is 3. The van der Waals surface area contributed by atoms with Crippen LogP contribution in [0, 0.1) is 0 Å². The van der Waals surface area contributed by atoms with Crippen LogP contribution in [0.5, 0.6) is 5.75 Å². The number of rotatable bonds is 6. The molecule has 7 heteroatoms. The van der Waals surface area contributed by atoms with Crippen molar-refractivity contribution in [2.45, 2.75) is 97.1 Å². The third kappa shape index (κ3) is 4.09. The topological polar surface area (TPSA) is 27.7 Å². The third-order valence-electron chi connectivity index (χ3n) is 6.58. The van der Waals surface area contributed by atoms with Gasteiger partial charge in [0.15, 0.2) is 0 Å². The predicted octanol–water partition coefficient (Wildman–Crippen LogP) is 6.96. The molecule has 0 atom stereocenters. The lowest BCUT2D eigenvalue weighted by Gasteiger charge is -2.42. The number of halogens is 2. The van der Waals surface area contributed by atoms with Crippen LogP contribution in [0.2, 0.25) is 21.6 Å². The van der Waals surface area contributed by atoms with E-state index in [9.17, 15) is 0 Å². The summed E-state index contributed by atoms with van der Waals surface area (Å²) < 4.78 is 20.0. The Morgan fingerprint density at radius 1 is 0.929 bits per heavy atom. The highest BCUT2D eigenvalue weighted by Crippen LogP contribution is 2.45. The summed E-state index contributed by atoms with van der Waals surface area (Å²) in [6.45, 7) is 21.8. The Morgan fingerprint density at radius 2 is 1.36 bits per heavy atom. The van der Waals surface area contributed by atoms with E-state index in [0.29, 0.717) is 21.6 Å². The van der Waals surface area contributed by atoms with Crippen molar-refractivity contribution in [3.63, 3.8) is 0 Å². The summed E-state index contributed by atoms with van der Waals surface area (Å²) in [7, 11) is -2.55. The maximum atomic E-state index is 6.79. The first-order valence-corrected chi connectivity index (χ1v) is 13.5. The van der Waals surface area contributed by atoms with E-state index in [-0.39, 0.29) is 0 Å². The lowest BCUT2D eigenvalue weighted by Crippen LogP contribution is -2.50. The van der Waals surface area contributed by atoms with E-state index in [1.54, 1.807) is 0 Å². The summed E-state index contributed by atoms with van der Waals surface area (Å²) in [4.78, 5) is 0. The van der Waals surface area contributed by atoms with E-state index in [1.807, 2.05) is 39.8 Å². The molecule has 2 rings (SSSR count). The molecule has 1 saturated heterocycles. The second kappa shape index (κ2) is 8.26. The molecule has 28 heavy (non-hydrogen) atoms. The minimum absolute atomic E-state index is 0.395. The van der Waals surface area contributed by atoms with Gasteiger partial charge < -0.3 is 13.7 Å². The van der Waals surface area contributed by atoms with E-state index < -0.39 is 26.6 Å². The van der Waals surface area contributed by atoms with Gasteiger partial charge >= 0.3 is 7.12 Å². The zero-order valence-electron chi connectivity index (χ0n) is 18.9. The second-order valence-corrected chi connectivity index (χ2v) is 16.3. The van der Waals surface area contributed by atoms with E-state index >= 15 is 0 Å². The van der Waals surface area contributed by atoms with E-state index in [1.165, 1.54) is 0 Å². The first kappa shape index (κ1) is 24.3. The van der Waals surface area contributed by atoms with Crippen molar-refractivity contribution in [1.82, 2.24) is 0 Å². The monoisotopic (exact) mass is 488 g/mol. The molecular weight excluding hydrogens is 454 g/mol. The van der Waals surface area contributed by atoms with Gasteiger partial charge in [-0.1, -0.05) is 59.2 Å². The van der Waals surface area contributed by atoms with Gasteiger partial charge in [-0.25, -0.2) is 0 Å². The molecule has 1 aromatic carbocycles. The summed E-state index contributed by atoms with van der Waals surface area (Å²) in [5.74, 6) is 0.747. The fourth-order valence-corrected chi connectivity index (χ4v) is 10.4. The average Bonchev–Trinajstić information content (AvgIpc) is 2.75. The van der Waals surface area contributed by atoms with Gasteiger partial charge in [0.25, 0.3) is 8.32 Å². The largest absolute Gasteiger partial charge is 0.542 e. The van der Waals surface area contributed by atoms with Crippen molar-refractivity contribution in [1.29, 1.82) is 0 Å². The molecule has 0 N–H and O–H groups in total. The molecular formula is C21H35BBrClO3Si. The number of hydrogen-bond donors (Lipinski definition) is 0. The molecule has 0 unspecified atom stereocenters. The smallest absolute Gasteiger partial charge is 0.496 e. The maximum Gasteiger partial charge on any atom is 0.496 e. The summed E-state index contributed by atoms with van der Waals surface area (Å²) in [5, 5.41) is 0.589. The van der Waals surface area contributed by atoms with Gasteiger partial charge in [0, 0.05) is 4.47 Å². The molecule has 3 nitrogen and oxygen atoms in total. The standard InChI is InChI=1S/C21H35BBrClO3Si/c1-13(2)28(14(3)4,15(5)6)25-17-12-11-16(18(23)19(17)24)22-26-20(7,8)21(9,10)27-22/h11-15H,1-10H3. The van der Waals surface area contributed by atoms with Crippen LogP contribution in [0.25, 0.3) is 0 Å². The van der Waals surface area contributed by atoms with Gasteiger partial charge in [-0.2, -0.15) is 0 Å². The van der Waals surface area contributed by atoms with Crippen LogP contribution in [0.3, 0.4) is 0 Å². The Bertz CT molecular complexity index is 684. The Hall–Kier alpha value is -0.00818. The highest BCUT2D eigenvalue weighted by molar-refractivity contribution is 9.10.